The lowest BCUT2D eigenvalue weighted by atomic mass is 10.1. The lowest BCUT2D eigenvalue weighted by molar-refractivity contribution is -0.134. The molecule has 4 nitrogen and oxygen atoms in total. The summed E-state index contributed by atoms with van der Waals surface area (Å²) in [6.45, 7) is 0. The number of benzene rings is 1. The van der Waals surface area contributed by atoms with Crippen molar-refractivity contribution < 1.29 is 31.9 Å². The number of alkyl halides is 3. The van der Waals surface area contributed by atoms with Crippen LogP contribution in [0.3, 0.4) is 0 Å². The van der Waals surface area contributed by atoms with Gasteiger partial charge in [0.05, 0.1) is 11.0 Å². The summed E-state index contributed by atoms with van der Waals surface area (Å²) in [7, 11) is 0. The number of hydrogen-bond acceptors (Lipinski definition) is 2. The highest BCUT2D eigenvalue weighted by atomic mass is 19.4. The van der Waals surface area contributed by atoms with Crippen LogP contribution < -0.4 is 0 Å². The molecule has 0 saturated carbocycles. The number of hydrogen-bond donors (Lipinski definition) is 1. The molecule has 0 aliphatic rings. The van der Waals surface area contributed by atoms with E-state index in [2.05, 4.69) is 4.98 Å². The topological polar surface area (TPSA) is 55.1 Å². The molecule has 0 aliphatic heterocycles. The number of imidazole rings is 1. The first-order valence-electron chi connectivity index (χ1n) is 5.34. The Balaban J connectivity index is 2.57. The summed E-state index contributed by atoms with van der Waals surface area (Å²) in [6, 6.07) is 0.586. The molecule has 1 N–H and O–H groups in total. The predicted molar refractivity (Wildman–Crippen MR) is 57.4 cm³/mol. The molecule has 0 radical (unpaired) electrons. The summed E-state index contributed by atoms with van der Waals surface area (Å²) in [6.07, 6.45) is -7.44. The molecular weight excluding hydrogens is 287 g/mol. The van der Waals surface area contributed by atoms with Crippen LogP contribution in [0, 0.1) is 11.6 Å². The summed E-state index contributed by atoms with van der Waals surface area (Å²) >= 11 is 0. The molecular formula is C11H7F5N2O2. The van der Waals surface area contributed by atoms with Crippen LogP contribution in [0.5, 0.6) is 0 Å². The third kappa shape index (κ3) is 2.56. The van der Waals surface area contributed by atoms with Crippen molar-refractivity contribution in [3.63, 3.8) is 0 Å². The van der Waals surface area contributed by atoms with E-state index in [1.165, 1.54) is 0 Å². The Hall–Kier alpha value is -2.19. The molecule has 0 unspecified atom stereocenters. The average molecular weight is 294 g/mol. The number of carboxylic acid groups (broad SMARTS) is 1. The van der Waals surface area contributed by atoms with Gasteiger partial charge in [-0.25, -0.2) is 23.1 Å². The van der Waals surface area contributed by atoms with E-state index in [1.54, 1.807) is 0 Å². The van der Waals surface area contributed by atoms with E-state index in [9.17, 15) is 26.7 Å². The molecule has 1 heterocycles. The second-order valence-corrected chi connectivity index (χ2v) is 4.03. The number of aromatic nitrogens is 2. The van der Waals surface area contributed by atoms with Crippen LogP contribution in [0.4, 0.5) is 26.7 Å². The molecule has 0 spiro atoms. The fraction of sp³-hybridized carbons (Fsp3) is 0.273. The number of rotatable bonds is 2. The molecule has 2 aromatic rings. The Labute approximate surface area is 108 Å². The lowest BCUT2D eigenvalue weighted by Gasteiger charge is -2.08. The van der Waals surface area contributed by atoms with Crippen molar-refractivity contribution in [2.24, 2.45) is 0 Å². The summed E-state index contributed by atoms with van der Waals surface area (Å²) in [5, 5.41) is 8.81. The first kappa shape index (κ1) is 14.2. The summed E-state index contributed by atoms with van der Waals surface area (Å²) in [5.41, 5.74) is -1.18. The molecule has 2 rings (SSSR count). The summed E-state index contributed by atoms with van der Waals surface area (Å²) < 4.78 is 64.0. The standard InChI is InChI=1S/C11H7F5N2O2/c12-6-3-7-9(17-4-18(7)10(19)20)5(8(6)13)1-2-11(14,15)16/h3-4H,1-2H2,(H,19,20). The maximum absolute atomic E-state index is 13.6. The van der Waals surface area contributed by atoms with Crippen molar-refractivity contribution in [3.05, 3.63) is 29.6 Å². The van der Waals surface area contributed by atoms with Crippen LogP contribution in [0.2, 0.25) is 0 Å². The zero-order valence-electron chi connectivity index (χ0n) is 9.71. The van der Waals surface area contributed by atoms with Gasteiger partial charge in [0.1, 0.15) is 6.33 Å². The first-order chi connectivity index (χ1) is 9.20. The van der Waals surface area contributed by atoms with E-state index in [0.717, 1.165) is 6.33 Å². The minimum absolute atomic E-state index is 0.296. The third-order valence-corrected chi connectivity index (χ3v) is 2.69. The highest BCUT2D eigenvalue weighted by molar-refractivity contribution is 5.87. The van der Waals surface area contributed by atoms with Gasteiger partial charge in [-0.05, 0) is 6.42 Å². The van der Waals surface area contributed by atoms with Crippen LogP contribution >= 0.6 is 0 Å². The zero-order chi connectivity index (χ0) is 15.1. The van der Waals surface area contributed by atoms with Crippen LogP contribution in [-0.2, 0) is 6.42 Å². The van der Waals surface area contributed by atoms with Crippen molar-refractivity contribution in [3.8, 4) is 0 Å². The average Bonchev–Trinajstić information content (AvgIpc) is 2.71. The monoisotopic (exact) mass is 294 g/mol. The quantitative estimate of drug-likeness (QED) is 0.864. The van der Waals surface area contributed by atoms with Crippen molar-refractivity contribution in [1.29, 1.82) is 0 Å². The van der Waals surface area contributed by atoms with E-state index in [4.69, 9.17) is 5.11 Å². The maximum Gasteiger partial charge on any atom is 0.417 e. The van der Waals surface area contributed by atoms with Gasteiger partial charge in [-0.3, -0.25) is 0 Å². The number of carbonyl (C=O) groups is 1. The van der Waals surface area contributed by atoms with Crippen LogP contribution in [-0.4, -0.2) is 26.9 Å². The highest BCUT2D eigenvalue weighted by Gasteiger charge is 2.29. The van der Waals surface area contributed by atoms with Gasteiger partial charge in [0.25, 0.3) is 0 Å². The molecule has 0 saturated heterocycles. The SMILES string of the molecule is O=C(O)n1cnc2c(CCC(F)(F)F)c(F)c(F)cc21. The zero-order valence-corrected chi connectivity index (χ0v) is 9.71. The van der Waals surface area contributed by atoms with Gasteiger partial charge in [0.15, 0.2) is 11.6 Å². The predicted octanol–water partition coefficient (Wildman–Crippen LogP) is 3.34. The van der Waals surface area contributed by atoms with Gasteiger partial charge >= 0.3 is 12.3 Å². The lowest BCUT2D eigenvalue weighted by Crippen LogP contribution is -2.11. The number of fused-ring (bicyclic) bond motifs is 1. The summed E-state index contributed by atoms with van der Waals surface area (Å²) in [5.74, 6) is -2.87. The minimum atomic E-state index is -4.54. The van der Waals surface area contributed by atoms with Crippen LogP contribution in [0.25, 0.3) is 11.0 Å². The van der Waals surface area contributed by atoms with Crippen LogP contribution in [0.1, 0.15) is 12.0 Å². The fourth-order valence-electron chi connectivity index (χ4n) is 1.81. The molecule has 20 heavy (non-hydrogen) atoms. The molecule has 0 atom stereocenters. The minimum Gasteiger partial charge on any atom is -0.464 e. The summed E-state index contributed by atoms with van der Waals surface area (Å²) in [4.78, 5) is 14.4. The third-order valence-electron chi connectivity index (χ3n) is 2.69. The Bertz CT molecular complexity index is 677. The van der Waals surface area contributed by atoms with E-state index < -0.39 is 42.3 Å². The van der Waals surface area contributed by atoms with Crippen molar-refractivity contribution >= 4 is 17.1 Å². The molecule has 0 aliphatic carbocycles. The van der Waals surface area contributed by atoms with E-state index >= 15 is 0 Å². The Morgan fingerprint density at radius 2 is 2.00 bits per heavy atom. The van der Waals surface area contributed by atoms with Gasteiger partial charge < -0.3 is 5.11 Å². The molecule has 0 fully saturated rings. The van der Waals surface area contributed by atoms with Gasteiger partial charge in [-0.2, -0.15) is 13.2 Å². The van der Waals surface area contributed by atoms with E-state index in [0.29, 0.717) is 10.6 Å². The number of aryl methyl sites for hydroxylation is 1. The number of halogens is 5. The second kappa shape index (κ2) is 4.73. The van der Waals surface area contributed by atoms with E-state index in [1.807, 2.05) is 0 Å². The molecule has 0 amide bonds. The molecule has 1 aromatic carbocycles. The molecule has 9 heteroatoms. The molecule has 1 aromatic heterocycles. The van der Waals surface area contributed by atoms with Gasteiger partial charge in [0, 0.05) is 18.1 Å². The smallest absolute Gasteiger partial charge is 0.417 e. The van der Waals surface area contributed by atoms with Gasteiger partial charge in [0.2, 0.25) is 0 Å². The van der Waals surface area contributed by atoms with E-state index in [-0.39, 0.29) is 11.0 Å². The number of nitrogens with zero attached hydrogens (tertiary/aromatic N) is 2. The largest absolute Gasteiger partial charge is 0.464 e. The fourth-order valence-corrected chi connectivity index (χ4v) is 1.81. The normalized spacial score (nSPS) is 12.1. The van der Waals surface area contributed by atoms with Gasteiger partial charge in [-0.15, -0.1) is 0 Å². The van der Waals surface area contributed by atoms with Crippen molar-refractivity contribution in [1.82, 2.24) is 9.55 Å². The first-order valence-corrected chi connectivity index (χ1v) is 5.34. The van der Waals surface area contributed by atoms with Crippen LogP contribution in [0.15, 0.2) is 12.4 Å². The Morgan fingerprint density at radius 3 is 2.55 bits per heavy atom. The molecule has 0 bridgehead atoms. The maximum atomic E-state index is 13.6. The Morgan fingerprint density at radius 1 is 1.35 bits per heavy atom. The van der Waals surface area contributed by atoms with Gasteiger partial charge in [-0.1, -0.05) is 0 Å². The van der Waals surface area contributed by atoms with Crippen molar-refractivity contribution in [2.75, 3.05) is 0 Å². The Kier molecular flexibility index (Phi) is 3.36. The molecule has 108 valence electrons. The second-order valence-electron chi connectivity index (χ2n) is 4.03. The van der Waals surface area contributed by atoms with Crippen molar-refractivity contribution in [2.45, 2.75) is 19.0 Å². The highest BCUT2D eigenvalue weighted by Crippen LogP contribution is 2.28.